The van der Waals surface area contributed by atoms with Crippen molar-refractivity contribution in [1.29, 1.82) is 5.26 Å². The maximum atomic E-state index is 9.34. The zero-order chi connectivity index (χ0) is 19.1. The van der Waals surface area contributed by atoms with Crippen LogP contribution in [0.3, 0.4) is 0 Å². The van der Waals surface area contributed by atoms with Gasteiger partial charge in [0.1, 0.15) is 18.4 Å². The largest absolute Gasteiger partial charge is 0.489 e. The van der Waals surface area contributed by atoms with Crippen LogP contribution in [0.5, 0.6) is 5.75 Å². The number of hydrogen-bond donors (Lipinski definition) is 2. The fourth-order valence-corrected chi connectivity index (χ4v) is 2.60. The molecule has 3 rings (SSSR count). The molecule has 0 saturated carbocycles. The molecular weight excluding hydrogens is 334 g/mol. The van der Waals surface area contributed by atoms with Crippen LogP contribution in [0.15, 0.2) is 85.1 Å². The maximum Gasteiger partial charge on any atom is 0.119 e. The first-order valence-corrected chi connectivity index (χ1v) is 8.64. The predicted octanol–water partition coefficient (Wildman–Crippen LogP) is 5.83. The van der Waals surface area contributed by atoms with E-state index in [1.165, 1.54) is 0 Å². The van der Waals surface area contributed by atoms with Gasteiger partial charge in [-0.25, -0.2) is 0 Å². The van der Waals surface area contributed by atoms with Gasteiger partial charge in [-0.3, -0.25) is 0 Å². The molecule has 0 aromatic heterocycles. The number of nitriles is 1. The van der Waals surface area contributed by atoms with Crippen LogP contribution in [-0.2, 0) is 6.61 Å². The number of anilines is 3. The first-order valence-electron chi connectivity index (χ1n) is 8.64. The van der Waals surface area contributed by atoms with Crippen LogP contribution in [0.4, 0.5) is 17.1 Å². The van der Waals surface area contributed by atoms with Crippen molar-refractivity contribution in [3.8, 4) is 11.8 Å². The average molecular weight is 355 g/mol. The quantitative estimate of drug-likeness (QED) is 0.560. The molecule has 27 heavy (non-hydrogen) atoms. The monoisotopic (exact) mass is 355 g/mol. The van der Waals surface area contributed by atoms with E-state index in [2.05, 4.69) is 23.3 Å². The van der Waals surface area contributed by atoms with Crippen LogP contribution >= 0.6 is 0 Å². The van der Waals surface area contributed by atoms with E-state index >= 15 is 0 Å². The highest BCUT2D eigenvalue weighted by Gasteiger charge is 2.05. The fourth-order valence-electron chi connectivity index (χ4n) is 2.60. The Kier molecular flexibility index (Phi) is 5.76. The third-order valence-electron chi connectivity index (χ3n) is 3.88. The second kappa shape index (κ2) is 8.59. The lowest BCUT2D eigenvalue weighted by atomic mass is 10.1. The highest BCUT2D eigenvalue weighted by Crippen LogP contribution is 2.26. The number of ether oxygens (including phenoxy) is 1. The van der Waals surface area contributed by atoms with Gasteiger partial charge in [-0.05, 0) is 55.0 Å². The molecule has 0 spiro atoms. The normalized spacial score (nSPS) is 9.93. The zero-order valence-corrected chi connectivity index (χ0v) is 15.2. The van der Waals surface area contributed by atoms with Crippen molar-refractivity contribution in [2.24, 2.45) is 0 Å². The molecule has 0 heterocycles. The lowest BCUT2D eigenvalue weighted by molar-refractivity contribution is 0.306. The number of allylic oxidation sites excluding steroid dienone is 1. The van der Waals surface area contributed by atoms with Crippen molar-refractivity contribution >= 4 is 17.1 Å². The summed E-state index contributed by atoms with van der Waals surface area (Å²) in [5, 5.41) is 15.8. The summed E-state index contributed by atoms with van der Waals surface area (Å²) in [6, 6.07) is 25.5. The summed E-state index contributed by atoms with van der Waals surface area (Å²) in [7, 11) is 0. The van der Waals surface area contributed by atoms with Gasteiger partial charge in [-0.15, -0.1) is 0 Å². The summed E-state index contributed by atoms with van der Waals surface area (Å²) in [5.41, 5.74) is 5.04. The first kappa shape index (κ1) is 18.1. The maximum absolute atomic E-state index is 9.34. The summed E-state index contributed by atoms with van der Waals surface area (Å²) in [6.07, 6.45) is 0. The van der Waals surface area contributed by atoms with Crippen molar-refractivity contribution < 1.29 is 4.74 Å². The summed E-state index contributed by atoms with van der Waals surface area (Å²) >= 11 is 0. The van der Waals surface area contributed by atoms with Crippen LogP contribution in [-0.4, -0.2) is 0 Å². The number of rotatable bonds is 7. The minimum Gasteiger partial charge on any atom is -0.489 e. The van der Waals surface area contributed by atoms with Crippen molar-refractivity contribution in [3.63, 3.8) is 0 Å². The Labute approximate surface area is 159 Å². The van der Waals surface area contributed by atoms with Crippen molar-refractivity contribution in [3.05, 3.63) is 96.2 Å². The fraction of sp³-hybridized carbons (Fsp3) is 0.0870. The summed E-state index contributed by atoms with van der Waals surface area (Å²) in [5.74, 6) is 0.794. The lowest BCUT2D eigenvalue weighted by Crippen LogP contribution is -1.98. The topological polar surface area (TPSA) is 57.1 Å². The van der Waals surface area contributed by atoms with Gasteiger partial charge in [-0.1, -0.05) is 36.9 Å². The first-order chi connectivity index (χ1) is 13.1. The second-order valence-corrected chi connectivity index (χ2v) is 6.20. The van der Waals surface area contributed by atoms with Gasteiger partial charge < -0.3 is 15.4 Å². The summed E-state index contributed by atoms with van der Waals surface area (Å²) in [4.78, 5) is 0. The molecule has 0 aliphatic heterocycles. The molecule has 3 aromatic carbocycles. The molecule has 0 atom stereocenters. The Morgan fingerprint density at radius 2 is 1.70 bits per heavy atom. The molecule has 0 saturated heterocycles. The van der Waals surface area contributed by atoms with E-state index in [0.717, 1.165) is 34.1 Å². The standard InChI is InChI=1S/C23H21N3O/c1-17(2)25-21-9-8-19(15-24)23(14-21)26-20-10-12-22(13-11-20)27-16-18-6-4-3-5-7-18/h3-14,25-26H,1,16H2,2H3. The van der Waals surface area contributed by atoms with Crippen LogP contribution in [0.25, 0.3) is 0 Å². The second-order valence-electron chi connectivity index (χ2n) is 6.20. The van der Waals surface area contributed by atoms with E-state index in [1.807, 2.05) is 73.7 Å². The molecular formula is C23H21N3O. The summed E-state index contributed by atoms with van der Waals surface area (Å²) < 4.78 is 5.81. The molecule has 0 aliphatic rings. The number of nitrogens with zero attached hydrogens (tertiary/aromatic N) is 1. The Balaban J connectivity index is 1.69. The van der Waals surface area contributed by atoms with E-state index in [0.29, 0.717) is 12.2 Å². The van der Waals surface area contributed by atoms with Crippen LogP contribution < -0.4 is 15.4 Å². The molecule has 0 radical (unpaired) electrons. The zero-order valence-electron chi connectivity index (χ0n) is 15.2. The van der Waals surface area contributed by atoms with E-state index in [1.54, 1.807) is 6.07 Å². The third-order valence-corrected chi connectivity index (χ3v) is 3.88. The van der Waals surface area contributed by atoms with Gasteiger partial charge >= 0.3 is 0 Å². The molecule has 3 aromatic rings. The summed E-state index contributed by atoms with van der Waals surface area (Å²) in [6.45, 7) is 6.26. The molecule has 0 fully saturated rings. The number of nitrogens with one attached hydrogen (secondary N) is 2. The van der Waals surface area contributed by atoms with Crippen molar-refractivity contribution in [2.75, 3.05) is 10.6 Å². The molecule has 134 valence electrons. The van der Waals surface area contributed by atoms with E-state index in [4.69, 9.17) is 4.74 Å². The Bertz CT molecular complexity index is 957. The van der Waals surface area contributed by atoms with Gasteiger partial charge in [0.2, 0.25) is 0 Å². The Morgan fingerprint density at radius 1 is 1.00 bits per heavy atom. The van der Waals surface area contributed by atoms with Gasteiger partial charge in [0.15, 0.2) is 0 Å². The predicted molar refractivity (Wildman–Crippen MR) is 110 cm³/mol. The van der Waals surface area contributed by atoms with E-state index < -0.39 is 0 Å². The van der Waals surface area contributed by atoms with Crippen molar-refractivity contribution in [1.82, 2.24) is 0 Å². The van der Waals surface area contributed by atoms with Gasteiger partial charge in [-0.2, -0.15) is 5.26 Å². The highest BCUT2D eigenvalue weighted by molar-refractivity contribution is 5.71. The highest BCUT2D eigenvalue weighted by atomic mass is 16.5. The van der Waals surface area contributed by atoms with Gasteiger partial charge in [0.25, 0.3) is 0 Å². The Hall–Kier alpha value is -3.71. The molecule has 0 unspecified atom stereocenters. The van der Waals surface area contributed by atoms with E-state index in [9.17, 15) is 5.26 Å². The van der Waals surface area contributed by atoms with Crippen LogP contribution in [0, 0.1) is 11.3 Å². The average Bonchev–Trinajstić information content (AvgIpc) is 2.68. The molecule has 0 amide bonds. The lowest BCUT2D eigenvalue weighted by Gasteiger charge is -2.12. The van der Waals surface area contributed by atoms with Gasteiger partial charge in [0.05, 0.1) is 11.3 Å². The molecule has 0 bridgehead atoms. The van der Waals surface area contributed by atoms with E-state index in [-0.39, 0.29) is 0 Å². The molecule has 4 nitrogen and oxygen atoms in total. The molecule has 4 heteroatoms. The van der Waals surface area contributed by atoms with Gasteiger partial charge in [0, 0.05) is 17.1 Å². The molecule has 2 N–H and O–H groups in total. The SMILES string of the molecule is C=C(C)Nc1ccc(C#N)c(Nc2ccc(OCc3ccccc3)cc2)c1. The van der Waals surface area contributed by atoms with Crippen LogP contribution in [0.1, 0.15) is 18.1 Å². The number of benzene rings is 3. The third kappa shape index (κ3) is 5.13. The molecule has 0 aliphatic carbocycles. The number of hydrogen-bond acceptors (Lipinski definition) is 4. The van der Waals surface area contributed by atoms with Crippen LogP contribution in [0.2, 0.25) is 0 Å². The minimum atomic E-state index is 0.529. The van der Waals surface area contributed by atoms with Crippen molar-refractivity contribution in [2.45, 2.75) is 13.5 Å². The minimum absolute atomic E-state index is 0.529. The Morgan fingerprint density at radius 3 is 2.37 bits per heavy atom. The smallest absolute Gasteiger partial charge is 0.119 e.